The summed E-state index contributed by atoms with van der Waals surface area (Å²) >= 11 is 0. The van der Waals surface area contributed by atoms with Crippen molar-refractivity contribution < 1.29 is 32.3 Å². The zero-order valence-electron chi connectivity index (χ0n) is 15.9. The zero-order valence-corrected chi connectivity index (χ0v) is 15.9. The van der Waals surface area contributed by atoms with Crippen LogP contribution in [0.2, 0.25) is 0 Å². The molecule has 0 radical (unpaired) electrons. The molecule has 29 heavy (non-hydrogen) atoms. The molecule has 0 N–H and O–H groups in total. The number of halogens is 3. The molecule has 1 amide bonds. The minimum atomic E-state index is -4.64. The van der Waals surface area contributed by atoms with Crippen LogP contribution in [-0.2, 0) is 32.4 Å². The molecular formula is C21H22F3NO4. The first-order valence-corrected chi connectivity index (χ1v) is 8.99. The Morgan fingerprint density at radius 3 is 1.97 bits per heavy atom. The normalized spacial score (nSPS) is 12.3. The monoisotopic (exact) mass is 409 g/mol. The molecule has 0 aromatic heterocycles. The van der Waals surface area contributed by atoms with Gasteiger partial charge in [0.15, 0.2) is 0 Å². The fourth-order valence-electron chi connectivity index (χ4n) is 2.46. The number of hydroxylamine groups is 2. The number of benzene rings is 2. The Morgan fingerprint density at radius 2 is 1.45 bits per heavy atom. The third kappa shape index (κ3) is 8.35. The second-order valence-corrected chi connectivity index (χ2v) is 6.50. The van der Waals surface area contributed by atoms with Gasteiger partial charge in [-0.2, -0.15) is 13.2 Å². The molecule has 2 rings (SSSR count). The van der Waals surface area contributed by atoms with Crippen LogP contribution in [0.1, 0.15) is 24.5 Å². The number of carbonyl (C=O) groups excluding carboxylic acids is 2. The van der Waals surface area contributed by atoms with E-state index in [9.17, 15) is 22.8 Å². The molecule has 0 saturated heterocycles. The predicted octanol–water partition coefficient (Wildman–Crippen LogP) is 4.28. The molecule has 0 aliphatic heterocycles. The van der Waals surface area contributed by atoms with Crippen molar-refractivity contribution >= 4 is 11.9 Å². The Balaban J connectivity index is 1.92. The molecule has 0 fully saturated rings. The van der Waals surface area contributed by atoms with E-state index in [-0.39, 0.29) is 24.7 Å². The van der Waals surface area contributed by atoms with Crippen LogP contribution < -0.4 is 0 Å². The SMILES string of the molecule is C[C@@H](CC(=O)OCc1ccccc1)C(=O)N(CC(F)(F)F)OCc1ccccc1. The molecule has 2 aromatic rings. The molecule has 0 bridgehead atoms. The average Bonchev–Trinajstić information content (AvgIpc) is 2.69. The summed E-state index contributed by atoms with van der Waals surface area (Å²) in [5.41, 5.74) is 1.38. The molecule has 0 aliphatic rings. The van der Waals surface area contributed by atoms with Gasteiger partial charge in [-0.15, -0.1) is 0 Å². The molecule has 5 nitrogen and oxygen atoms in total. The summed E-state index contributed by atoms with van der Waals surface area (Å²) < 4.78 is 43.7. The summed E-state index contributed by atoms with van der Waals surface area (Å²) in [6, 6.07) is 17.4. The van der Waals surface area contributed by atoms with Gasteiger partial charge in [0.2, 0.25) is 5.91 Å². The summed E-state index contributed by atoms with van der Waals surface area (Å²) in [5.74, 6) is -2.64. The highest BCUT2D eigenvalue weighted by atomic mass is 19.4. The van der Waals surface area contributed by atoms with Crippen LogP contribution in [-0.4, -0.2) is 29.7 Å². The van der Waals surface area contributed by atoms with Gasteiger partial charge >= 0.3 is 12.1 Å². The van der Waals surface area contributed by atoms with Gasteiger partial charge in [0.05, 0.1) is 6.42 Å². The number of alkyl halides is 3. The van der Waals surface area contributed by atoms with Crippen LogP contribution in [0.3, 0.4) is 0 Å². The summed E-state index contributed by atoms with van der Waals surface area (Å²) in [7, 11) is 0. The summed E-state index contributed by atoms with van der Waals surface area (Å²) in [5, 5.41) is 0.266. The maximum atomic E-state index is 12.9. The van der Waals surface area contributed by atoms with Crippen LogP contribution in [0.5, 0.6) is 0 Å². The van der Waals surface area contributed by atoms with E-state index in [0.717, 1.165) is 5.56 Å². The number of amides is 1. The number of ether oxygens (including phenoxy) is 1. The Morgan fingerprint density at radius 1 is 0.931 bits per heavy atom. The quantitative estimate of drug-likeness (QED) is 0.458. The Hall–Kier alpha value is -2.87. The van der Waals surface area contributed by atoms with E-state index < -0.39 is 30.5 Å². The van der Waals surface area contributed by atoms with E-state index >= 15 is 0 Å². The third-order valence-electron chi connectivity index (χ3n) is 3.94. The first kappa shape index (κ1) is 22.4. The number of esters is 1. The molecule has 8 heteroatoms. The predicted molar refractivity (Wildman–Crippen MR) is 99.0 cm³/mol. The third-order valence-corrected chi connectivity index (χ3v) is 3.94. The van der Waals surface area contributed by atoms with E-state index in [1.165, 1.54) is 6.92 Å². The molecular weight excluding hydrogens is 387 g/mol. The smallest absolute Gasteiger partial charge is 0.408 e. The topological polar surface area (TPSA) is 55.8 Å². The first-order chi connectivity index (χ1) is 13.7. The van der Waals surface area contributed by atoms with Crippen LogP contribution in [0, 0.1) is 5.92 Å². The van der Waals surface area contributed by atoms with Gasteiger partial charge in [-0.1, -0.05) is 67.6 Å². The van der Waals surface area contributed by atoms with Crippen molar-refractivity contribution in [2.75, 3.05) is 6.54 Å². The van der Waals surface area contributed by atoms with Crippen molar-refractivity contribution in [3.63, 3.8) is 0 Å². The van der Waals surface area contributed by atoms with E-state index in [1.807, 2.05) is 6.07 Å². The molecule has 0 spiro atoms. The Kier molecular flexibility index (Phi) is 8.21. The maximum Gasteiger partial charge on any atom is 0.408 e. The highest BCUT2D eigenvalue weighted by Gasteiger charge is 2.36. The van der Waals surface area contributed by atoms with Crippen molar-refractivity contribution in [3.8, 4) is 0 Å². The van der Waals surface area contributed by atoms with Crippen LogP contribution in [0.4, 0.5) is 13.2 Å². The van der Waals surface area contributed by atoms with Crippen LogP contribution in [0.15, 0.2) is 60.7 Å². The minimum absolute atomic E-state index is 0.0252. The summed E-state index contributed by atoms with van der Waals surface area (Å²) in [6.07, 6.45) is -4.99. The van der Waals surface area contributed by atoms with E-state index in [0.29, 0.717) is 5.56 Å². The highest BCUT2D eigenvalue weighted by Crippen LogP contribution is 2.20. The standard InChI is InChI=1S/C21H22F3NO4/c1-16(12-19(26)28-13-17-8-4-2-5-9-17)20(27)25(15-21(22,23)24)29-14-18-10-6-3-7-11-18/h2-11,16H,12-15H2,1H3/t16-/m0/s1. The molecule has 0 heterocycles. The fourth-order valence-corrected chi connectivity index (χ4v) is 2.46. The number of hydrogen-bond donors (Lipinski definition) is 0. The van der Waals surface area contributed by atoms with Crippen molar-refractivity contribution in [1.82, 2.24) is 5.06 Å². The molecule has 1 atom stereocenters. The number of carbonyl (C=O) groups is 2. The largest absolute Gasteiger partial charge is 0.461 e. The highest BCUT2D eigenvalue weighted by molar-refractivity contribution is 5.82. The lowest BCUT2D eigenvalue weighted by Gasteiger charge is -2.25. The number of nitrogens with zero attached hydrogens (tertiary/aromatic N) is 1. The Bertz CT molecular complexity index is 782. The summed E-state index contributed by atoms with van der Waals surface area (Å²) in [4.78, 5) is 29.5. The molecule has 0 saturated carbocycles. The van der Waals surface area contributed by atoms with Crippen LogP contribution in [0.25, 0.3) is 0 Å². The average molecular weight is 409 g/mol. The van der Waals surface area contributed by atoms with Gasteiger partial charge in [-0.25, -0.2) is 5.06 Å². The number of rotatable bonds is 9. The summed E-state index contributed by atoms with van der Waals surface area (Å²) in [6.45, 7) is -0.380. The van der Waals surface area contributed by atoms with E-state index in [1.54, 1.807) is 54.6 Å². The lowest BCUT2D eigenvalue weighted by atomic mass is 10.1. The van der Waals surface area contributed by atoms with Gasteiger partial charge in [-0.05, 0) is 11.1 Å². The van der Waals surface area contributed by atoms with Gasteiger partial charge in [0.1, 0.15) is 19.8 Å². The second kappa shape index (κ2) is 10.6. The maximum absolute atomic E-state index is 12.9. The van der Waals surface area contributed by atoms with Gasteiger partial charge in [0.25, 0.3) is 0 Å². The lowest BCUT2D eigenvalue weighted by molar-refractivity contribution is -0.240. The fraction of sp³-hybridized carbons (Fsp3) is 0.333. The van der Waals surface area contributed by atoms with Crippen molar-refractivity contribution in [1.29, 1.82) is 0 Å². The van der Waals surface area contributed by atoms with E-state index in [4.69, 9.17) is 9.57 Å². The van der Waals surface area contributed by atoms with Crippen molar-refractivity contribution in [3.05, 3.63) is 71.8 Å². The Labute approximate surface area is 167 Å². The molecule has 2 aromatic carbocycles. The van der Waals surface area contributed by atoms with Gasteiger partial charge in [0, 0.05) is 5.92 Å². The van der Waals surface area contributed by atoms with Gasteiger partial charge < -0.3 is 4.74 Å². The molecule has 0 aliphatic carbocycles. The minimum Gasteiger partial charge on any atom is -0.461 e. The van der Waals surface area contributed by atoms with Crippen molar-refractivity contribution in [2.45, 2.75) is 32.7 Å². The zero-order chi connectivity index (χ0) is 21.3. The molecule has 0 unspecified atom stereocenters. The first-order valence-electron chi connectivity index (χ1n) is 8.99. The van der Waals surface area contributed by atoms with Crippen molar-refractivity contribution in [2.24, 2.45) is 5.92 Å². The molecule has 156 valence electrons. The van der Waals surface area contributed by atoms with Gasteiger partial charge in [-0.3, -0.25) is 14.4 Å². The van der Waals surface area contributed by atoms with E-state index in [2.05, 4.69) is 0 Å². The van der Waals surface area contributed by atoms with Crippen LogP contribution >= 0.6 is 0 Å². The number of hydrogen-bond acceptors (Lipinski definition) is 4. The lowest BCUT2D eigenvalue weighted by Crippen LogP contribution is -2.42. The second-order valence-electron chi connectivity index (χ2n) is 6.50.